The highest BCUT2D eigenvalue weighted by atomic mass is 28.4. The van der Waals surface area contributed by atoms with Gasteiger partial charge in [0.15, 0.2) is 8.32 Å². The molecule has 0 radical (unpaired) electrons. The van der Waals surface area contributed by atoms with Crippen molar-refractivity contribution in [3.8, 4) is 5.75 Å². The van der Waals surface area contributed by atoms with Gasteiger partial charge in [-0.2, -0.15) is 0 Å². The number of methoxy groups -OCH3 is 5. The topological polar surface area (TPSA) is 150 Å². The first-order valence-corrected chi connectivity index (χ1v) is 28.2. The van der Waals surface area contributed by atoms with Crippen LogP contribution in [-0.2, 0) is 53.7 Å². The molecule has 0 aliphatic carbocycles. The van der Waals surface area contributed by atoms with Crippen LogP contribution in [0.15, 0.2) is 48.1 Å². The molecule has 1 fully saturated rings. The minimum atomic E-state index is -2.15. The monoisotopic (exact) mass is 979 g/mol. The van der Waals surface area contributed by atoms with Gasteiger partial charge in [-0.1, -0.05) is 78.8 Å². The van der Waals surface area contributed by atoms with E-state index in [4.69, 9.17) is 47.1 Å². The van der Waals surface area contributed by atoms with Crippen molar-refractivity contribution in [3.05, 3.63) is 53.6 Å². The molecule has 2 heterocycles. The molecule has 13 nitrogen and oxygen atoms in total. The Bertz CT molecular complexity index is 1630. The van der Waals surface area contributed by atoms with Crippen LogP contribution in [0.2, 0.25) is 18.1 Å². The zero-order valence-electron chi connectivity index (χ0n) is 44.9. The summed E-state index contributed by atoms with van der Waals surface area (Å²) >= 11 is 0. The van der Waals surface area contributed by atoms with E-state index >= 15 is 0 Å². The summed E-state index contributed by atoms with van der Waals surface area (Å²) in [7, 11) is 5.96. The molecule has 392 valence electrons. The lowest BCUT2D eigenvalue weighted by Gasteiger charge is -2.40. The number of hydrogen-bond donors (Lipinski definition) is 2. The van der Waals surface area contributed by atoms with Crippen LogP contribution in [0.3, 0.4) is 0 Å². The highest BCUT2D eigenvalue weighted by Crippen LogP contribution is 2.39. The number of aliphatic hydroxyl groups is 2. The van der Waals surface area contributed by atoms with Gasteiger partial charge in [0.2, 0.25) is 0 Å². The fourth-order valence-electron chi connectivity index (χ4n) is 9.60. The summed E-state index contributed by atoms with van der Waals surface area (Å²) in [6, 6.07) is 7.80. The normalized spacial score (nSPS) is 25.1. The van der Waals surface area contributed by atoms with E-state index in [1.54, 1.807) is 35.4 Å². The second-order valence-electron chi connectivity index (χ2n) is 21.4. The van der Waals surface area contributed by atoms with E-state index in [2.05, 4.69) is 66.8 Å². The molecule has 1 aromatic rings. The van der Waals surface area contributed by atoms with Gasteiger partial charge in [0, 0.05) is 57.5 Å². The molecule has 1 saturated heterocycles. The zero-order valence-corrected chi connectivity index (χ0v) is 45.9. The SMILES string of the molecule is COCO[C@H]([C@H](C)[C@@H](OCc1ccc(OC)cc1)[C@@H](C)[C@H](O)C[C@H](O)[C@H](C)[C@H](C[C@@H]1CC=C[C@@H](C[C@H](C/C=C(\C)C(=O)OC)O[Si](C)(C)C(C)(C)C)O1)OC)[C@@H](C)CC[C@H]1C[C@H](OC)C[C@H](C)O1. The summed E-state index contributed by atoms with van der Waals surface area (Å²) in [4.78, 5) is 12.2. The lowest BCUT2D eigenvalue weighted by atomic mass is 9.78. The Kier molecular flexibility index (Phi) is 25.9. The van der Waals surface area contributed by atoms with Crippen molar-refractivity contribution in [1.82, 2.24) is 0 Å². The van der Waals surface area contributed by atoms with Crippen LogP contribution >= 0.6 is 0 Å². The maximum Gasteiger partial charge on any atom is 0.333 e. The second kappa shape index (κ2) is 29.3. The molecule has 68 heavy (non-hydrogen) atoms. The summed E-state index contributed by atoms with van der Waals surface area (Å²) in [6.07, 6.45) is 9.41. The maximum atomic E-state index is 12.2. The molecule has 2 aliphatic rings. The summed E-state index contributed by atoms with van der Waals surface area (Å²) in [5.41, 5.74) is 1.53. The number of benzene rings is 1. The fraction of sp³-hybridized carbons (Fsp3) is 0.796. The van der Waals surface area contributed by atoms with Gasteiger partial charge in [0.1, 0.15) is 12.5 Å². The lowest BCUT2D eigenvalue weighted by Crippen LogP contribution is -2.46. The number of carbonyl (C=O) groups is 1. The van der Waals surface area contributed by atoms with E-state index in [1.165, 1.54) is 7.11 Å². The highest BCUT2D eigenvalue weighted by molar-refractivity contribution is 6.74. The molecule has 3 rings (SSSR count). The Hall–Kier alpha value is -2.21. The van der Waals surface area contributed by atoms with E-state index in [-0.39, 0.29) is 96.7 Å². The number of hydrogen-bond acceptors (Lipinski definition) is 13. The predicted molar refractivity (Wildman–Crippen MR) is 270 cm³/mol. The van der Waals surface area contributed by atoms with Crippen LogP contribution < -0.4 is 4.74 Å². The van der Waals surface area contributed by atoms with E-state index in [0.29, 0.717) is 37.9 Å². The Balaban J connectivity index is 1.75. The van der Waals surface area contributed by atoms with Crippen molar-refractivity contribution < 1.29 is 62.1 Å². The van der Waals surface area contributed by atoms with Gasteiger partial charge in [0.05, 0.1) is 88.0 Å². The molecule has 0 unspecified atom stereocenters. The van der Waals surface area contributed by atoms with E-state index in [9.17, 15) is 15.0 Å². The first-order chi connectivity index (χ1) is 32.1. The Morgan fingerprint density at radius 2 is 1.56 bits per heavy atom. The van der Waals surface area contributed by atoms with Gasteiger partial charge < -0.3 is 57.3 Å². The van der Waals surface area contributed by atoms with Crippen LogP contribution in [0.4, 0.5) is 0 Å². The summed E-state index contributed by atoms with van der Waals surface area (Å²) < 4.78 is 60.8. The number of aliphatic hydroxyl groups excluding tert-OH is 2. The molecule has 2 N–H and O–H groups in total. The number of carbonyl (C=O) groups excluding carboxylic acids is 1. The van der Waals surface area contributed by atoms with Crippen LogP contribution in [0.5, 0.6) is 5.75 Å². The largest absolute Gasteiger partial charge is 0.497 e. The molecule has 0 saturated carbocycles. The molecule has 15 atom stereocenters. The molecule has 0 amide bonds. The molecule has 2 aliphatic heterocycles. The smallest absolute Gasteiger partial charge is 0.333 e. The predicted octanol–water partition coefficient (Wildman–Crippen LogP) is 10.00. The first kappa shape index (κ1) is 60.1. The van der Waals surface area contributed by atoms with Gasteiger partial charge in [-0.3, -0.25) is 0 Å². The summed E-state index contributed by atoms with van der Waals surface area (Å²) in [6.45, 7) is 23.8. The van der Waals surface area contributed by atoms with Crippen molar-refractivity contribution in [2.24, 2.45) is 23.7 Å². The van der Waals surface area contributed by atoms with Gasteiger partial charge in [-0.05, 0) is 101 Å². The first-order valence-electron chi connectivity index (χ1n) is 25.2. The standard InChI is InChI=1S/C54H94O13Si/c1-35(20-24-45-30-47(60-12)28-37(3)65-45)51(64-34-58-10)40(6)52(63-33-41-22-26-42(59-11)27-23-41)39(5)49(56)32-48(55)38(4)50(61-13)31-44-19-17-18-43(66-44)29-46(25-21-36(2)53(57)62-14)67-68(15,16)54(7,8)9/h17-18,21-23,26-27,35,37-40,43-52,55-56H,19-20,24-25,28-34H2,1-16H3/b36-21+/t35-,37-,38-,39-,40-,43-,44-,45-,46-,47+,48-,49+,50-,51-,52-/m0/s1. The fourth-order valence-corrected chi connectivity index (χ4v) is 11.0. The molecule has 0 aromatic heterocycles. The third-order valence-electron chi connectivity index (χ3n) is 15.1. The molecular weight excluding hydrogens is 885 g/mol. The van der Waals surface area contributed by atoms with Crippen molar-refractivity contribution in [1.29, 1.82) is 0 Å². The molecule has 1 aromatic carbocycles. The maximum absolute atomic E-state index is 12.2. The Morgan fingerprint density at radius 1 is 0.882 bits per heavy atom. The Labute approximate surface area is 412 Å². The second-order valence-corrected chi connectivity index (χ2v) is 26.1. The van der Waals surface area contributed by atoms with E-state index in [0.717, 1.165) is 37.0 Å². The van der Waals surface area contributed by atoms with Crippen LogP contribution in [-0.4, -0.2) is 134 Å². The lowest BCUT2D eigenvalue weighted by molar-refractivity contribution is -0.156. The highest BCUT2D eigenvalue weighted by Gasteiger charge is 2.41. The third-order valence-corrected chi connectivity index (χ3v) is 19.6. The van der Waals surface area contributed by atoms with Gasteiger partial charge >= 0.3 is 5.97 Å². The molecule has 0 bridgehead atoms. The summed E-state index contributed by atoms with van der Waals surface area (Å²) in [5.74, 6) is -0.319. The Morgan fingerprint density at radius 3 is 2.16 bits per heavy atom. The van der Waals surface area contributed by atoms with Gasteiger partial charge in [-0.15, -0.1) is 0 Å². The van der Waals surface area contributed by atoms with Crippen molar-refractivity contribution >= 4 is 14.3 Å². The van der Waals surface area contributed by atoms with Crippen molar-refractivity contribution in [3.63, 3.8) is 0 Å². The van der Waals surface area contributed by atoms with Gasteiger partial charge in [-0.25, -0.2) is 4.79 Å². The van der Waals surface area contributed by atoms with Crippen molar-refractivity contribution in [2.75, 3.05) is 42.3 Å². The quantitative estimate of drug-likeness (QED) is 0.0248. The molecular formula is C54H94O13Si. The zero-order chi connectivity index (χ0) is 50.8. The van der Waals surface area contributed by atoms with Gasteiger partial charge in [0.25, 0.3) is 0 Å². The number of esters is 1. The van der Waals surface area contributed by atoms with E-state index < -0.39 is 26.6 Å². The molecule has 0 spiro atoms. The van der Waals surface area contributed by atoms with Crippen LogP contribution in [0.25, 0.3) is 0 Å². The van der Waals surface area contributed by atoms with E-state index in [1.807, 2.05) is 44.2 Å². The average molecular weight is 979 g/mol. The van der Waals surface area contributed by atoms with Crippen molar-refractivity contribution in [2.45, 2.75) is 212 Å². The third kappa shape index (κ3) is 19.1. The number of ether oxygens (including phenoxy) is 9. The molecule has 14 heteroatoms. The average Bonchev–Trinajstić information content (AvgIpc) is 3.30. The number of rotatable bonds is 30. The minimum absolute atomic E-state index is 0.00765. The summed E-state index contributed by atoms with van der Waals surface area (Å²) in [5, 5.41) is 23.9. The van der Waals surface area contributed by atoms with Crippen LogP contribution in [0.1, 0.15) is 126 Å². The van der Waals surface area contributed by atoms with Crippen LogP contribution in [0, 0.1) is 23.7 Å². The minimum Gasteiger partial charge on any atom is -0.497 e.